The number of carbonyl (C=O) groups is 2. The number of amides is 2. The van der Waals surface area contributed by atoms with Gasteiger partial charge in [-0.2, -0.15) is 0 Å². The minimum Gasteiger partial charge on any atom is -0.357 e. The Hall–Kier alpha value is -3.43. The molecule has 0 aliphatic heterocycles. The van der Waals surface area contributed by atoms with Gasteiger partial charge in [0.25, 0.3) is 10.0 Å². The fraction of sp³-hybridized carbons (Fsp3) is 0.259. The van der Waals surface area contributed by atoms with Crippen molar-refractivity contribution in [2.75, 3.05) is 17.9 Å². The molecule has 0 spiro atoms. The number of hydrogen-bond donors (Lipinski definition) is 1. The lowest BCUT2D eigenvalue weighted by Crippen LogP contribution is -2.51. The maximum atomic E-state index is 13.8. The molecule has 0 heterocycles. The number of aryl methyl sites for hydroxylation is 1. The lowest BCUT2D eigenvalue weighted by atomic mass is 10.1. The van der Waals surface area contributed by atoms with Crippen LogP contribution in [0.15, 0.2) is 77.7 Å². The van der Waals surface area contributed by atoms with Crippen LogP contribution in [-0.2, 0) is 26.2 Å². The van der Waals surface area contributed by atoms with Gasteiger partial charge in [-0.3, -0.25) is 13.9 Å². The first kappa shape index (κ1) is 28.1. The molecule has 0 saturated carbocycles. The van der Waals surface area contributed by atoms with Crippen LogP contribution in [-0.4, -0.2) is 44.8 Å². The van der Waals surface area contributed by atoms with Crippen LogP contribution >= 0.6 is 11.6 Å². The first-order valence-electron chi connectivity index (χ1n) is 11.7. The van der Waals surface area contributed by atoms with Gasteiger partial charge in [-0.1, -0.05) is 48.4 Å². The van der Waals surface area contributed by atoms with Crippen LogP contribution in [0.1, 0.15) is 24.5 Å². The molecule has 3 aromatic rings. The molecule has 0 unspecified atom stereocenters. The predicted octanol–water partition coefficient (Wildman–Crippen LogP) is 4.54. The Labute approximate surface area is 221 Å². The average molecular weight is 546 g/mol. The Morgan fingerprint density at radius 2 is 1.57 bits per heavy atom. The van der Waals surface area contributed by atoms with E-state index in [1.807, 2.05) is 6.92 Å². The van der Waals surface area contributed by atoms with E-state index in [1.165, 1.54) is 36.2 Å². The van der Waals surface area contributed by atoms with Crippen LogP contribution in [0.5, 0.6) is 0 Å². The summed E-state index contributed by atoms with van der Waals surface area (Å²) in [4.78, 5) is 27.8. The van der Waals surface area contributed by atoms with Crippen molar-refractivity contribution in [3.8, 4) is 0 Å². The molecule has 3 aromatic carbocycles. The molecule has 0 saturated heterocycles. The monoisotopic (exact) mass is 545 g/mol. The third-order valence-electron chi connectivity index (χ3n) is 5.90. The zero-order valence-electron chi connectivity index (χ0n) is 20.8. The van der Waals surface area contributed by atoms with E-state index in [0.29, 0.717) is 11.4 Å². The standard InChI is InChI=1S/C27H29ClFN3O4S/c1-4-25(27(34)30-3)31(17-20-7-9-21(28)10-8-20)26(33)18-32(23-13-11-22(29)12-14-23)37(35,36)24-15-5-19(2)6-16-24/h5-16,25H,4,17-18H2,1-3H3,(H,30,34)/t25-/m0/s1. The van der Waals surface area contributed by atoms with Gasteiger partial charge in [0.15, 0.2) is 0 Å². The largest absolute Gasteiger partial charge is 0.357 e. The third-order valence-corrected chi connectivity index (χ3v) is 7.94. The number of likely N-dealkylation sites (N-methyl/N-ethyl adjacent to an activating group) is 1. The van der Waals surface area contributed by atoms with E-state index >= 15 is 0 Å². The Bertz CT molecular complexity index is 1330. The highest BCUT2D eigenvalue weighted by Crippen LogP contribution is 2.25. The fourth-order valence-corrected chi connectivity index (χ4v) is 5.39. The van der Waals surface area contributed by atoms with Gasteiger partial charge in [0, 0.05) is 18.6 Å². The highest BCUT2D eigenvalue weighted by molar-refractivity contribution is 7.92. The summed E-state index contributed by atoms with van der Waals surface area (Å²) in [5.74, 6) is -1.51. The molecule has 1 N–H and O–H groups in total. The molecule has 0 fully saturated rings. The number of nitrogens with one attached hydrogen (secondary N) is 1. The first-order valence-corrected chi connectivity index (χ1v) is 13.5. The number of sulfonamides is 1. The minimum absolute atomic E-state index is 0.0159. The Balaban J connectivity index is 2.04. The molecule has 0 radical (unpaired) electrons. The quantitative estimate of drug-likeness (QED) is 0.405. The van der Waals surface area contributed by atoms with E-state index in [-0.39, 0.29) is 23.0 Å². The van der Waals surface area contributed by atoms with Crippen LogP contribution in [0, 0.1) is 12.7 Å². The lowest BCUT2D eigenvalue weighted by Gasteiger charge is -2.33. The minimum atomic E-state index is -4.20. The topological polar surface area (TPSA) is 86.8 Å². The van der Waals surface area contributed by atoms with Crippen molar-refractivity contribution in [2.24, 2.45) is 0 Å². The van der Waals surface area contributed by atoms with Gasteiger partial charge < -0.3 is 10.2 Å². The highest BCUT2D eigenvalue weighted by Gasteiger charge is 2.33. The van der Waals surface area contributed by atoms with Crippen LogP contribution in [0.4, 0.5) is 10.1 Å². The van der Waals surface area contributed by atoms with Crippen LogP contribution < -0.4 is 9.62 Å². The second kappa shape index (κ2) is 12.2. The zero-order valence-corrected chi connectivity index (χ0v) is 22.4. The van der Waals surface area contributed by atoms with Gasteiger partial charge in [0.1, 0.15) is 18.4 Å². The van der Waals surface area contributed by atoms with Gasteiger partial charge in [-0.05, 0) is 67.4 Å². The smallest absolute Gasteiger partial charge is 0.264 e. The number of hydrogen-bond acceptors (Lipinski definition) is 4. The van der Waals surface area contributed by atoms with Crippen molar-refractivity contribution in [3.05, 3.63) is 94.8 Å². The molecule has 3 rings (SSSR count). The van der Waals surface area contributed by atoms with E-state index in [0.717, 1.165) is 27.6 Å². The van der Waals surface area contributed by atoms with Gasteiger partial charge >= 0.3 is 0 Å². The van der Waals surface area contributed by atoms with Crippen molar-refractivity contribution in [3.63, 3.8) is 0 Å². The SMILES string of the molecule is CC[C@@H](C(=O)NC)N(Cc1ccc(Cl)cc1)C(=O)CN(c1ccc(F)cc1)S(=O)(=O)c1ccc(C)cc1. The fourth-order valence-electron chi connectivity index (χ4n) is 3.85. The maximum Gasteiger partial charge on any atom is 0.264 e. The van der Waals surface area contributed by atoms with E-state index in [9.17, 15) is 22.4 Å². The van der Waals surface area contributed by atoms with E-state index < -0.39 is 34.3 Å². The van der Waals surface area contributed by atoms with Crippen molar-refractivity contribution in [1.29, 1.82) is 0 Å². The van der Waals surface area contributed by atoms with Crippen molar-refractivity contribution in [1.82, 2.24) is 10.2 Å². The number of rotatable bonds is 10. The summed E-state index contributed by atoms with van der Waals surface area (Å²) < 4.78 is 42.0. The van der Waals surface area contributed by atoms with Gasteiger partial charge in [0.2, 0.25) is 11.8 Å². The van der Waals surface area contributed by atoms with Crippen LogP contribution in [0.2, 0.25) is 5.02 Å². The molecule has 37 heavy (non-hydrogen) atoms. The first-order chi connectivity index (χ1) is 17.6. The van der Waals surface area contributed by atoms with E-state index in [1.54, 1.807) is 43.3 Å². The van der Waals surface area contributed by atoms with Gasteiger partial charge in [-0.15, -0.1) is 0 Å². The molecular formula is C27H29ClFN3O4S. The molecule has 10 heteroatoms. The molecule has 0 bridgehead atoms. The van der Waals surface area contributed by atoms with E-state index in [2.05, 4.69) is 5.32 Å². The molecule has 0 aliphatic carbocycles. The van der Waals surface area contributed by atoms with Crippen molar-refractivity contribution in [2.45, 2.75) is 37.8 Å². The number of nitrogens with zero attached hydrogens (tertiary/aromatic N) is 2. The second-order valence-electron chi connectivity index (χ2n) is 8.49. The third kappa shape index (κ3) is 6.87. The maximum absolute atomic E-state index is 13.8. The number of benzene rings is 3. The van der Waals surface area contributed by atoms with Crippen LogP contribution in [0.3, 0.4) is 0 Å². The van der Waals surface area contributed by atoms with Gasteiger partial charge in [0.05, 0.1) is 10.6 Å². The summed E-state index contributed by atoms with van der Waals surface area (Å²) in [5, 5.41) is 3.09. The number of halogens is 2. The summed E-state index contributed by atoms with van der Waals surface area (Å²) in [6.45, 7) is 3.06. The Kier molecular flexibility index (Phi) is 9.29. The number of anilines is 1. The average Bonchev–Trinajstić information content (AvgIpc) is 2.88. The van der Waals surface area contributed by atoms with Crippen molar-refractivity contribution < 1.29 is 22.4 Å². The summed E-state index contributed by atoms with van der Waals surface area (Å²) in [7, 11) is -2.73. The predicted molar refractivity (Wildman–Crippen MR) is 142 cm³/mol. The highest BCUT2D eigenvalue weighted by atomic mass is 35.5. The summed E-state index contributed by atoms with van der Waals surface area (Å²) >= 11 is 5.99. The zero-order chi connectivity index (χ0) is 27.2. The summed E-state index contributed by atoms with van der Waals surface area (Å²) in [5.41, 5.74) is 1.71. The molecule has 196 valence electrons. The molecular weight excluding hydrogens is 517 g/mol. The lowest BCUT2D eigenvalue weighted by molar-refractivity contribution is -0.140. The Morgan fingerprint density at radius 1 is 0.973 bits per heavy atom. The number of carbonyl (C=O) groups excluding carboxylic acids is 2. The summed E-state index contributed by atoms with van der Waals surface area (Å²) in [6.07, 6.45) is 0.306. The second-order valence-corrected chi connectivity index (χ2v) is 10.8. The molecule has 0 aliphatic rings. The molecule has 1 atom stereocenters. The van der Waals surface area contributed by atoms with E-state index in [4.69, 9.17) is 11.6 Å². The van der Waals surface area contributed by atoms with Crippen molar-refractivity contribution >= 4 is 39.1 Å². The molecule has 0 aromatic heterocycles. The normalized spacial score (nSPS) is 12.0. The van der Waals surface area contributed by atoms with Crippen LogP contribution in [0.25, 0.3) is 0 Å². The molecule has 2 amide bonds. The molecule has 7 nitrogen and oxygen atoms in total. The summed E-state index contributed by atoms with van der Waals surface area (Å²) in [6, 6.07) is 17.1. The Morgan fingerprint density at radius 3 is 2.11 bits per heavy atom. The van der Waals surface area contributed by atoms with Gasteiger partial charge in [-0.25, -0.2) is 12.8 Å².